The van der Waals surface area contributed by atoms with Crippen molar-refractivity contribution in [3.63, 3.8) is 0 Å². The highest BCUT2D eigenvalue weighted by atomic mass is 16.1. The normalized spacial score (nSPS) is 15.9. The Bertz CT molecular complexity index is 773. The third-order valence-electron chi connectivity index (χ3n) is 4.28. The fraction of sp³-hybridized carbons (Fsp3) is 0.333. The molecule has 4 heteroatoms. The first-order valence-corrected chi connectivity index (χ1v) is 7.66. The van der Waals surface area contributed by atoms with Gasteiger partial charge in [-0.05, 0) is 25.0 Å². The number of hydrogen-bond donors (Lipinski definition) is 1. The van der Waals surface area contributed by atoms with E-state index in [9.17, 15) is 10.1 Å². The van der Waals surface area contributed by atoms with E-state index in [0.29, 0.717) is 0 Å². The number of nitriles is 1. The van der Waals surface area contributed by atoms with Crippen molar-refractivity contribution in [2.75, 3.05) is 0 Å². The van der Waals surface area contributed by atoms with Crippen LogP contribution in [-0.4, -0.2) is 16.5 Å². The Morgan fingerprint density at radius 3 is 2.82 bits per heavy atom. The average molecular weight is 293 g/mol. The maximum absolute atomic E-state index is 12.3. The van der Waals surface area contributed by atoms with E-state index in [1.54, 1.807) is 6.08 Å². The number of aromatic nitrogens is 1. The van der Waals surface area contributed by atoms with E-state index in [1.165, 1.54) is 0 Å². The zero-order valence-corrected chi connectivity index (χ0v) is 12.7. The molecule has 0 saturated heterocycles. The van der Waals surface area contributed by atoms with E-state index < -0.39 is 0 Å². The molecule has 1 aromatic carbocycles. The van der Waals surface area contributed by atoms with Crippen LogP contribution in [0.2, 0.25) is 0 Å². The predicted molar refractivity (Wildman–Crippen MR) is 86.9 cm³/mol. The smallest absolute Gasteiger partial charge is 0.262 e. The van der Waals surface area contributed by atoms with E-state index in [-0.39, 0.29) is 17.5 Å². The zero-order chi connectivity index (χ0) is 15.5. The van der Waals surface area contributed by atoms with Crippen LogP contribution >= 0.6 is 0 Å². The van der Waals surface area contributed by atoms with Crippen LogP contribution in [0.3, 0.4) is 0 Å². The van der Waals surface area contributed by atoms with Gasteiger partial charge in [0.1, 0.15) is 11.6 Å². The Morgan fingerprint density at radius 1 is 1.36 bits per heavy atom. The van der Waals surface area contributed by atoms with Crippen molar-refractivity contribution < 1.29 is 4.79 Å². The highest BCUT2D eigenvalue weighted by molar-refractivity contribution is 6.04. The van der Waals surface area contributed by atoms with Gasteiger partial charge in [0.25, 0.3) is 5.91 Å². The summed E-state index contributed by atoms with van der Waals surface area (Å²) in [6.07, 6.45) is 7.97. The maximum atomic E-state index is 12.3. The molecule has 4 nitrogen and oxygen atoms in total. The number of para-hydroxylation sites is 1. The molecule has 0 aliphatic heterocycles. The first kappa shape index (κ1) is 14.4. The van der Waals surface area contributed by atoms with Crippen LogP contribution < -0.4 is 5.32 Å². The summed E-state index contributed by atoms with van der Waals surface area (Å²) in [5, 5.41) is 13.3. The molecule has 1 aliphatic carbocycles. The molecular formula is C18H19N3O. The Morgan fingerprint density at radius 2 is 2.09 bits per heavy atom. The van der Waals surface area contributed by atoms with Gasteiger partial charge < -0.3 is 9.88 Å². The summed E-state index contributed by atoms with van der Waals surface area (Å²) < 4.78 is 2.00. The van der Waals surface area contributed by atoms with Crippen molar-refractivity contribution in [1.29, 1.82) is 5.26 Å². The molecule has 1 saturated carbocycles. The first-order chi connectivity index (χ1) is 10.7. The molecule has 1 aromatic heterocycles. The Labute approximate surface area is 130 Å². The minimum atomic E-state index is -0.262. The summed E-state index contributed by atoms with van der Waals surface area (Å²) >= 11 is 0. The lowest BCUT2D eigenvalue weighted by molar-refractivity contribution is -0.117. The molecule has 1 fully saturated rings. The third-order valence-corrected chi connectivity index (χ3v) is 4.28. The van der Waals surface area contributed by atoms with Gasteiger partial charge in [-0.1, -0.05) is 31.0 Å². The van der Waals surface area contributed by atoms with Gasteiger partial charge in [-0.3, -0.25) is 4.79 Å². The SMILES string of the molecule is Cn1cc(/C=C(/C#N)C(=O)NC2CCCC2)c2ccccc21. The summed E-state index contributed by atoms with van der Waals surface area (Å²) in [6, 6.07) is 10.2. The molecule has 1 N–H and O–H groups in total. The number of benzene rings is 1. The highest BCUT2D eigenvalue weighted by Crippen LogP contribution is 2.23. The van der Waals surface area contributed by atoms with Gasteiger partial charge in [0.15, 0.2) is 0 Å². The van der Waals surface area contributed by atoms with Crippen molar-refractivity contribution in [3.05, 3.63) is 41.6 Å². The van der Waals surface area contributed by atoms with Gasteiger partial charge in [-0.15, -0.1) is 0 Å². The van der Waals surface area contributed by atoms with Gasteiger partial charge in [-0.2, -0.15) is 5.26 Å². The van der Waals surface area contributed by atoms with Crippen molar-refractivity contribution in [2.24, 2.45) is 7.05 Å². The molecule has 0 bridgehead atoms. The highest BCUT2D eigenvalue weighted by Gasteiger charge is 2.19. The van der Waals surface area contributed by atoms with Gasteiger partial charge >= 0.3 is 0 Å². The first-order valence-electron chi connectivity index (χ1n) is 7.66. The van der Waals surface area contributed by atoms with Crippen molar-refractivity contribution in [1.82, 2.24) is 9.88 Å². The Hall–Kier alpha value is -2.54. The summed E-state index contributed by atoms with van der Waals surface area (Å²) in [7, 11) is 1.96. The number of carbonyl (C=O) groups excluding carboxylic acids is 1. The number of nitrogens with one attached hydrogen (secondary N) is 1. The molecule has 1 aliphatic rings. The van der Waals surface area contributed by atoms with Crippen molar-refractivity contribution in [3.8, 4) is 6.07 Å². The van der Waals surface area contributed by atoms with Gasteiger partial charge in [0.2, 0.25) is 0 Å². The lowest BCUT2D eigenvalue weighted by atomic mass is 10.1. The molecule has 1 amide bonds. The number of nitrogens with zero attached hydrogens (tertiary/aromatic N) is 2. The number of fused-ring (bicyclic) bond motifs is 1. The number of carbonyl (C=O) groups is 1. The van der Waals surface area contributed by atoms with E-state index in [4.69, 9.17) is 0 Å². The lowest BCUT2D eigenvalue weighted by Crippen LogP contribution is -2.33. The number of amides is 1. The standard InChI is InChI=1S/C18H19N3O/c1-21-12-14(16-8-4-5-9-17(16)21)10-13(11-19)18(22)20-15-6-2-3-7-15/h4-5,8-10,12,15H,2-3,6-7H2,1H3,(H,20,22)/b13-10-. The molecule has 0 spiro atoms. The minimum Gasteiger partial charge on any atom is -0.350 e. The Kier molecular flexibility index (Phi) is 3.97. The fourth-order valence-corrected chi connectivity index (χ4v) is 3.13. The Balaban J connectivity index is 1.90. The van der Waals surface area contributed by atoms with E-state index in [2.05, 4.69) is 5.32 Å². The third kappa shape index (κ3) is 2.75. The summed E-state index contributed by atoms with van der Waals surface area (Å²) in [4.78, 5) is 12.3. The molecule has 0 radical (unpaired) electrons. The number of rotatable bonds is 3. The van der Waals surface area contributed by atoms with Gasteiger partial charge in [0, 0.05) is 35.8 Å². The van der Waals surface area contributed by atoms with Crippen molar-refractivity contribution >= 4 is 22.9 Å². The van der Waals surface area contributed by atoms with Crippen molar-refractivity contribution in [2.45, 2.75) is 31.7 Å². The van der Waals surface area contributed by atoms with Crippen LogP contribution in [0, 0.1) is 11.3 Å². The van der Waals surface area contributed by atoms with E-state index >= 15 is 0 Å². The monoisotopic (exact) mass is 293 g/mol. The molecule has 0 atom stereocenters. The largest absolute Gasteiger partial charge is 0.350 e. The van der Waals surface area contributed by atoms with Gasteiger partial charge in [-0.25, -0.2) is 0 Å². The van der Waals surface area contributed by atoms with E-state index in [1.807, 2.05) is 48.1 Å². The minimum absolute atomic E-state index is 0.170. The maximum Gasteiger partial charge on any atom is 0.262 e. The second kappa shape index (κ2) is 6.07. The van der Waals surface area contributed by atoms with Crippen LogP contribution in [0.15, 0.2) is 36.0 Å². The number of aryl methyl sites for hydroxylation is 1. The zero-order valence-electron chi connectivity index (χ0n) is 12.7. The second-order valence-corrected chi connectivity index (χ2v) is 5.84. The van der Waals surface area contributed by atoms with Crippen LogP contribution in [0.1, 0.15) is 31.2 Å². The number of hydrogen-bond acceptors (Lipinski definition) is 2. The molecule has 1 heterocycles. The molecule has 2 aromatic rings. The summed E-state index contributed by atoms with van der Waals surface area (Å²) in [6.45, 7) is 0. The van der Waals surface area contributed by atoms with Crippen LogP contribution in [-0.2, 0) is 11.8 Å². The van der Waals surface area contributed by atoms with Crippen LogP contribution in [0.5, 0.6) is 0 Å². The van der Waals surface area contributed by atoms with Crippen LogP contribution in [0.4, 0.5) is 0 Å². The summed E-state index contributed by atoms with van der Waals surface area (Å²) in [5.41, 5.74) is 2.15. The lowest BCUT2D eigenvalue weighted by Gasteiger charge is -2.10. The molecular weight excluding hydrogens is 274 g/mol. The molecule has 22 heavy (non-hydrogen) atoms. The molecule has 0 unspecified atom stereocenters. The van der Waals surface area contributed by atoms with E-state index in [0.717, 1.165) is 42.1 Å². The second-order valence-electron chi connectivity index (χ2n) is 5.84. The molecule has 112 valence electrons. The molecule has 3 rings (SSSR count). The quantitative estimate of drug-likeness (QED) is 0.698. The average Bonchev–Trinajstić information content (AvgIpc) is 3.14. The topological polar surface area (TPSA) is 57.8 Å². The van der Waals surface area contributed by atoms with Gasteiger partial charge in [0.05, 0.1) is 0 Å². The predicted octanol–water partition coefficient (Wildman–Crippen LogP) is 3.14. The fourth-order valence-electron chi connectivity index (χ4n) is 3.13. The van der Waals surface area contributed by atoms with Crippen LogP contribution in [0.25, 0.3) is 17.0 Å². The summed E-state index contributed by atoms with van der Waals surface area (Å²) in [5.74, 6) is -0.262.